The maximum absolute atomic E-state index is 10.4. The average Bonchev–Trinajstić information content (AvgIpc) is 2.46. The van der Waals surface area contributed by atoms with Crippen LogP contribution in [-0.2, 0) is 13.0 Å². The largest absolute Gasteiger partial charge is 0.345 e. The quantitative estimate of drug-likeness (QED) is 0.471. The summed E-state index contributed by atoms with van der Waals surface area (Å²) in [5.74, 6) is 0. The highest BCUT2D eigenvalue weighted by Gasteiger charge is 2.15. The minimum atomic E-state index is -0.328. The monoisotopic (exact) mass is 166 g/mol. The zero-order valence-electron chi connectivity index (χ0n) is 6.69. The maximum atomic E-state index is 10.4. The number of aryl methyl sites for hydroxylation is 2. The van der Waals surface area contributed by atoms with Crippen molar-refractivity contribution in [2.75, 3.05) is 0 Å². The number of fused-ring (bicyclic) bond motifs is 1. The van der Waals surface area contributed by atoms with Crippen LogP contribution in [-0.4, -0.2) is 9.49 Å². The molecule has 1 aromatic rings. The highest BCUT2D eigenvalue weighted by Crippen LogP contribution is 2.22. The van der Waals surface area contributed by atoms with E-state index < -0.39 is 0 Å². The van der Waals surface area contributed by atoms with Gasteiger partial charge in [-0.2, -0.15) is 0 Å². The van der Waals surface area contributed by atoms with Gasteiger partial charge >= 0.3 is 0 Å². The summed E-state index contributed by atoms with van der Waals surface area (Å²) >= 11 is 0. The molecular formula is C8H10N2O2. The van der Waals surface area contributed by atoms with Crippen molar-refractivity contribution in [2.45, 2.75) is 25.8 Å². The molecule has 12 heavy (non-hydrogen) atoms. The van der Waals surface area contributed by atoms with Gasteiger partial charge in [0.15, 0.2) is 0 Å². The highest BCUT2D eigenvalue weighted by molar-refractivity contribution is 5.32. The number of nitrogens with zero attached hydrogens (tertiary/aromatic N) is 2. The molecule has 0 fully saturated rings. The van der Waals surface area contributed by atoms with E-state index >= 15 is 0 Å². The second-order valence-electron chi connectivity index (χ2n) is 3.10. The van der Waals surface area contributed by atoms with Crippen molar-refractivity contribution in [2.24, 2.45) is 0 Å². The molecule has 64 valence electrons. The van der Waals surface area contributed by atoms with Crippen molar-refractivity contribution >= 4 is 5.69 Å². The summed E-state index contributed by atoms with van der Waals surface area (Å²) in [5, 5.41) is 10.4. The first-order valence-electron chi connectivity index (χ1n) is 4.11. The Morgan fingerprint density at radius 3 is 3.00 bits per heavy atom. The van der Waals surface area contributed by atoms with Crippen LogP contribution in [0.1, 0.15) is 18.5 Å². The van der Waals surface area contributed by atoms with Crippen LogP contribution in [0.4, 0.5) is 5.69 Å². The Kier molecular flexibility index (Phi) is 1.60. The number of hydrogen-bond donors (Lipinski definition) is 0. The van der Waals surface area contributed by atoms with Gasteiger partial charge in [0.25, 0.3) is 5.69 Å². The topological polar surface area (TPSA) is 48.1 Å². The fraction of sp³-hybridized carbons (Fsp3) is 0.500. The molecule has 1 aliphatic heterocycles. The zero-order chi connectivity index (χ0) is 8.55. The van der Waals surface area contributed by atoms with Crippen molar-refractivity contribution in [1.29, 1.82) is 0 Å². The first-order valence-corrected chi connectivity index (χ1v) is 4.11. The van der Waals surface area contributed by atoms with Crippen molar-refractivity contribution in [3.05, 3.63) is 28.1 Å². The van der Waals surface area contributed by atoms with Gasteiger partial charge in [-0.3, -0.25) is 10.1 Å². The van der Waals surface area contributed by atoms with Gasteiger partial charge in [0.05, 0.1) is 11.1 Å². The minimum Gasteiger partial charge on any atom is -0.345 e. The van der Waals surface area contributed by atoms with E-state index in [9.17, 15) is 10.1 Å². The van der Waals surface area contributed by atoms with Gasteiger partial charge in [0, 0.05) is 18.3 Å². The number of rotatable bonds is 1. The molecule has 0 radical (unpaired) electrons. The molecule has 0 saturated carbocycles. The van der Waals surface area contributed by atoms with E-state index in [2.05, 4.69) is 0 Å². The van der Waals surface area contributed by atoms with Gasteiger partial charge in [0.1, 0.15) is 0 Å². The highest BCUT2D eigenvalue weighted by atomic mass is 16.6. The molecule has 0 saturated heterocycles. The van der Waals surface area contributed by atoms with Crippen LogP contribution in [0.25, 0.3) is 0 Å². The molecule has 0 atom stereocenters. The second-order valence-corrected chi connectivity index (χ2v) is 3.10. The van der Waals surface area contributed by atoms with Crippen molar-refractivity contribution in [3.63, 3.8) is 0 Å². The summed E-state index contributed by atoms with van der Waals surface area (Å²) in [4.78, 5) is 10.1. The summed E-state index contributed by atoms with van der Waals surface area (Å²) in [6.07, 6.45) is 4.91. The molecule has 2 rings (SSSR count). The Balaban J connectivity index is 2.38. The van der Waals surface area contributed by atoms with E-state index in [-0.39, 0.29) is 10.6 Å². The lowest BCUT2D eigenvalue weighted by Crippen LogP contribution is -2.07. The molecule has 0 aliphatic carbocycles. The van der Waals surface area contributed by atoms with Crippen molar-refractivity contribution in [1.82, 2.24) is 4.57 Å². The third-order valence-electron chi connectivity index (χ3n) is 2.26. The van der Waals surface area contributed by atoms with Crippen LogP contribution < -0.4 is 0 Å². The van der Waals surface area contributed by atoms with Crippen LogP contribution >= 0.6 is 0 Å². The fourth-order valence-electron chi connectivity index (χ4n) is 1.65. The van der Waals surface area contributed by atoms with Crippen LogP contribution in [0.2, 0.25) is 0 Å². The van der Waals surface area contributed by atoms with Crippen molar-refractivity contribution in [3.8, 4) is 0 Å². The maximum Gasteiger partial charge on any atom is 0.287 e. The molecule has 1 aliphatic rings. The van der Waals surface area contributed by atoms with Crippen LogP contribution in [0, 0.1) is 10.1 Å². The lowest BCUT2D eigenvalue weighted by Gasteiger charge is -2.12. The summed E-state index contributed by atoms with van der Waals surface area (Å²) in [5.41, 5.74) is 1.33. The Morgan fingerprint density at radius 2 is 2.33 bits per heavy atom. The Hall–Kier alpha value is -1.32. The van der Waals surface area contributed by atoms with E-state index in [1.807, 2.05) is 4.57 Å². The van der Waals surface area contributed by atoms with E-state index in [1.165, 1.54) is 0 Å². The molecule has 0 unspecified atom stereocenters. The Bertz CT molecular complexity index is 293. The zero-order valence-corrected chi connectivity index (χ0v) is 6.69. The molecule has 4 nitrogen and oxygen atoms in total. The van der Waals surface area contributed by atoms with Gasteiger partial charge in [-0.25, -0.2) is 0 Å². The molecule has 0 aromatic carbocycles. The molecule has 0 N–H and O–H groups in total. The van der Waals surface area contributed by atoms with Crippen LogP contribution in [0.5, 0.6) is 0 Å². The summed E-state index contributed by atoms with van der Waals surface area (Å²) in [6, 6.07) is 1.68. The lowest BCUT2D eigenvalue weighted by molar-refractivity contribution is -0.384. The first kappa shape index (κ1) is 7.34. The predicted molar refractivity (Wildman–Crippen MR) is 44.0 cm³/mol. The third-order valence-corrected chi connectivity index (χ3v) is 2.26. The van der Waals surface area contributed by atoms with E-state index in [0.29, 0.717) is 0 Å². The number of hydrogen-bond acceptors (Lipinski definition) is 2. The summed E-state index contributed by atoms with van der Waals surface area (Å²) in [7, 11) is 0. The first-order chi connectivity index (χ1) is 5.77. The second kappa shape index (κ2) is 2.62. The molecule has 0 amide bonds. The van der Waals surface area contributed by atoms with Crippen LogP contribution in [0.15, 0.2) is 12.3 Å². The average molecular weight is 166 g/mol. The SMILES string of the molecule is O=[N+]([O-])c1cc2n(c1)CCCC2. The molecular weight excluding hydrogens is 156 g/mol. The van der Waals surface area contributed by atoms with Gasteiger partial charge < -0.3 is 4.57 Å². The van der Waals surface area contributed by atoms with E-state index in [4.69, 9.17) is 0 Å². The Morgan fingerprint density at radius 1 is 1.50 bits per heavy atom. The fourth-order valence-corrected chi connectivity index (χ4v) is 1.65. The van der Waals surface area contributed by atoms with Crippen LogP contribution in [0.3, 0.4) is 0 Å². The smallest absolute Gasteiger partial charge is 0.287 e. The third kappa shape index (κ3) is 1.09. The van der Waals surface area contributed by atoms with Gasteiger partial charge in [-0.1, -0.05) is 0 Å². The van der Waals surface area contributed by atoms with Crippen molar-refractivity contribution < 1.29 is 4.92 Å². The molecule has 0 spiro atoms. The molecule has 1 aromatic heterocycles. The minimum absolute atomic E-state index is 0.229. The normalized spacial score (nSPS) is 15.7. The van der Waals surface area contributed by atoms with E-state index in [1.54, 1.807) is 12.3 Å². The summed E-state index contributed by atoms with van der Waals surface area (Å²) in [6.45, 7) is 0.934. The number of nitro groups is 1. The lowest BCUT2D eigenvalue weighted by atomic mass is 10.1. The molecule has 2 heterocycles. The molecule has 4 heteroatoms. The van der Waals surface area contributed by atoms with E-state index in [0.717, 1.165) is 31.5 Å². The summed E-state index contributed by atoms with van der Waals surface area (Å²) < 4.78 is 1.99. The molecule has 0 bridgehead atoms. The van der Waals surface area contributed by atoms with Gasteiger partial charge in [-0.15, -0.1) is 0 Å². The predicted octanol–water partition coefficient (Wildman–Crippen LogP) is 1.73. The van der Waals surface area contributed by atoms with Gasteiger partial charge in [-0.05, 0) is 19.3 Å². The Labute approximate surface area is 70.0 Å². The van der Waals surface area contributed by atoms with Gasteiger partial charge in [0.2, 0.25) is 0 Å². The standard InChI is InChI=1S/C8H10N2O2/c11-10(12)8-5-7-3-1-2-4-9(7)6-8/h5-6H,1-4H2. The number of aromatic nitrogens is 1.